The molecule has 4 rings (SSSR count). The van der Waals surface area contributed by atoms with E-state index in [1.807, 2.05) is 0 Å². The molecule has 1 saturated carbocycles. The number of fused-ring (bicyclic) bond motifs is 2. The molecule has 0 bridgehead atoms. The molecular weight excluding hydrogens is 330 g/mol. The number of nitrogens with zero attached hydrogens (tertiary/aromatic N) is 2. The monoisotopic (exact) mass is 351 g/mol. The summed E-state index contributed by atoms with van der Waals surface area (Å²) >= 11 is 0. The number of oxazole rings is 1. The molecule has 0 radical (unpaired) electrons. The standard InChI is InChI=1S/C16H21N3O4S/c1-18-14-6-5-11(7-15(14)23-16(18)20)24(21,22)19-8-10-3-2-4-13(17)12(10)9-19/h5-7,10,12-13H,2-4,8-9,17H2,1H3. The van der Waals surface area contributed by atoms with Crippen molar-refractivity contribution in [3.05, 3.63) is 28.7 Å². The maximum Gasteiger partial charge on any atom is 0.419 e. The Kier molecular flexibility index (Phi) is 3.59. The van der Waals surface area contributed by atoms with Crippen molar-refractivity contribution in [1.29, 1.82) is 0 Å². The van der Waals surface area contributed by atoms with E-state index in [1.165, 1.54) is 21.0 Å². The lowest BCUT2D eigenvalue weighted by Gasteiger charge is -2.29. The number of sulfonamides is 1. The molecule has 24 heavy (non-hydrogen) atoms. The quantitative estimate of drug-likeness (QED) is 0.866. The molecule has 2 heterocycles. The summed E-state index contributed by atoms with van der Waals surface area (Å²) in [5, 5.41) is 0. The molecule has 2 aliphatic rings. The number of rotatable bonds is 2. The van der Waals surface area contributed by atoms with Crippen molar-refractivity contribution in [2.24, 2.45) is 24.6 Å². The zero-order chi connectivity index (χ0) is 17.1. The maximum absolute atomic E-state index is 13.0. The molecule has 1 saturated heterocycles. The van der Waals surface area contributed by atoms with Crippen LogP contribution >= 0.6 is 0 Å². The number of hydrogen-bond donors (Lipinski definition) is 1. The van der Waals surface area contributed by atoms with Gasteiger partial charge in [-0.2, -0.15) is 4.31 Å². The van der Waals surface area contributed by atoms with Crippen LogP contribution in [-0.2, 0) is 17.1 Å². The predicted molar refractivity (Wildman–Crippen MR) is 89.0 cm³/mol. The van der Waals surface area contributed by atoms with Gasteiger partial charge in [-0.25, -0.2) is 13.2 Å². The van der Waals surface area contributed by atoms with Crippen LogP contribution < -0.4 is 11.5 Å². The summed E-state index contributed by atoms with van der Waals surface area (Å²) in [4.78, 5) is 11.7. The first-order valence-corrected chi connectivity index (χ1v) is 9.67. The van der Waals surface area contributed by atoms with Crippen molar-refractivity contribution in [1.82, 2.24) is 8.87 Å². The second-order valence-corrected chi connectivity index (χ2v) is 8.84. The first-order valence-electron chi connectivity index (χ1n) is 8.23. The zero-order valence-corrected chi connectivity index (χ0v) is 14.3. The number of aromatic nitrogens is 1. The summed E-state index contributed by atoms with van der Waals surface area (Å²) < 4.78 is 34.0. The molecule has 8 heteroatoms. The Morgan fingerprint density at radius 2 is 2.04 bits per heavy atom. The Bertz CT molecular complexity index is 946. The van der Waals surface area contributed by atoms with E-state index in [-0.39, 0.29) is 22.4 Å². The van der Waals surface area contributed by atoms with Gasteiger partial charge >= 0.3 is 5.76 Å². The number of aryl methyl sites for hydroxylation is 1. The topological polar surface area (TPSA) is 98.5 Å². The van der Waals surface area contributed by atoms with Crippen molar-refractivity contribution in [2.75, 3.05) is 13.1 Å². The van der Waals surface area contributed by atoms with E-state index in [9.17, 15) is 13.2 Å². The van der Waals surface area contributed by atoms with Crippen molar-refractivity contribution >= 4 is 21.1 Å². The number of benzene rings is 1. The summed E-state index contributed by atoms with van der Waals surface area (Å²) in [6.07, 6.45) is 3.07. The molecule has 0 spiro atoms. The van der Waals surface area contributed by atoms with Crippen LogP contribution in [0.1, 0.15) is 19.3 Å². The summed E-state index contributed by atoms with van der Waals surface area (Å²) in [7, 11) is -2.02. The van der Waals surface area contributed by atoms with Gasteiger partial charge in [0, 0.05) is 32.2 Å². The first kappa shape index (κ1) is 15.9. The lowest BCUT2D eigenvalue weighted by atomic mass is 9.78. The third kappa shape index (κ3) is 2.32. The van der Waals surface area contributed by atoms with Gasteiger partial charge < -0.3 is 10.2 Å². The van der Waals surface area contributed by atoms with E-state index >= 15 is 0 Å². The van der Waals surface area contributed by atoms with Gasteiger partial charge in [-0.15, -0.1) is 0 Å². The third-order valence-corrected chi connectivity index (χ3v) is 7.35. The average molecular weight is 351 g/mol. The highest BCUT2D eigenvalue weighted by Crippen LogP contribution is 2.38. The summed E-state index contributed by atoms with van der Waals surface area (Å²) in [5.41, 5.74) is 7.05. The number of hydrogen-bond acceptors (Lipinski definition) is 5. The Morgan fingerprint density at radius 3 is 2.79 bits per heavy atom. The van der Waals surface area contributed by atoms with E-state index in [0.717, 1.165) is 19.3 Å². The number of nitrogens with two attached hydrogens (primary N) is 1. The van der Waals surface area contributed by atoms with E-state index in [2.05, 4.69) is 0 Å². The fraction of sp³-hybridized carbons (Fsp3) is 0.562. The minimum Gasteiger partial charge on any atom is -0.408 e. The van der Waals surface area contributed by atoms with Crippen LogP contribution in [-0.4, -0.2) is 36.4 Å². The highest BCUT2D eigenvalue weighted by atomic mass is 32.2. The van der Waals surface area contributed by atoms with Crippen molar-refractivity contribution in [3.8, 4) is 0 Å². The average Bonchev–Trinajstić information content (AvgIpc) is 3.11. The molecule has 3 unspecified atom stereocenters. The molecule has 1 aromatic heterocycles. The highest BCUT2D eigenvalue weighted by Gasteiger charge is 2.43. The lowest BCUT2D eigenvalue weighted by molar-refractivity contribution is 0.260. The molecule has 2 N–H and O–H groups in total. The fourth-order valence-corrected chi connectivity index (χ4v) is 5.65. The van der Waals surface area contributed by atoms with Gasteiger partial charge in [0.2, 0.25) is 10.0 Å². The van der Waals surface area contributed by atoms with Crippen LogP contribution in [0.15, 0.2) is 32.3 Å². The molecule has 2 aromatic rings. The lowest BCUT2D eigenvalue weighted by Crippen LogP contribution is -2.38. The maximum atomic E-state index is 13.0. The van der Waals surface area contributed by atoms with E-state index in [1.54, 1.807) is 13.1 Å². The van der Waals surface area contributed by atoms with Gasteiger partial charge in [-0.1, -0.05) is 6.42 Å². The van der Waals surface area contributed by atoms with E-state index in [0.29, 0.717) is 24.5 Å². The van der Waals surface area contributed by atoms with Gasteiger partial charge in [0.25, 0.3) is 0 Å². The van der Waals surface area contributed by atoms with Crippen LogP contribution in [0, 0.1) is 11.8 Å². The van der Waals surface area contributed by atoms with E-state index < -0.39 is 15.8 Å². The minimum atomic E-state index is -3.61. The third-order valence-electron chi connectivity index (χ3n) is 5.52. The molecule has 1 aromatic carbocycles. The van der Waals surface area contributed by atoms with Crippen LogP contribution in [0.4, 0.5) is 0 Å². The SMILES string of the molecule is Cn1c(=O)oc2cc(S(=O)(=O)N3CC4CCCC(N)C4C3)ccc21. The van der Waals surface area contributed by atoms with Crippen LogP contribution in [0.25, 0.3) is 11.1 Å². The molecule has 2 fully saturated rings. The Hall–Kier alpha value is -1.64. The molecule has 0 amide bonds. The van der Waals surface area contributed by atoms with Crippen LogP contribution in [0.2, 0.25) is 0 Å². The molecule has 3 atom stereocenters. The van der Waals surface area contributed by atoms with Gasteiger partial charge in [-0.3, -0.25) is 4.57 Å². The van der Waals surface area contributed by atoms with Crippen LogP contribution in [0.5, 0.6) is 0 Å². The Balaban J connectivity index is 1.69. The van der Waals surface area contributed by atoms with Crippen molar-refractivity contribution < 1.29 is 12.8 Å². The van der Waals surface area contributed by atoms with Gasteiger partial charge in [0.1, 0.15) is 0 Å². The Morgan fingerprint density at radius 1 is 1.25 bits per heavy atom. The first-order chi connectivity index (χ1) is 11.4. The summed E-state index contributed by atoms with van der Waals surface area (Å²) in [6.45, 7) is 1.00. The largest absolute Gasteiger partial charge is 0.419 e. The highest BCUT2D eigenvalue weighted by molar-refractivity contribution is 7.89. The molecule has 130 valence electrons. The fourth-order valence-electron chi connectivity index (χ4n) is 4.10. The summed E-state index contributed by atoms with van der Waals surface area (Å²) in [5.74, 6) is 0.0894. The van der Waals surface area contributed by atoms with Gasteiger partial charge in [-0.05, 0) is 36.8 Å². The molecular formula is C16H21N3O4S. The van der Waals surface area contributed by atoms with Gasteiger partial charge in [0.15, 0.2) is 5.58 Å². The van der Waals surface area contributed by atoms with Gasteiger partial charge in [0.05, 0.1) is 10.4 Å². The smallest absolute Gasteiger partial charge is 0.408 e. The molecule has 1 aliphatic carbocycles. The Labute approximate surface area is 140 Å². The molecule has 1 aliphatic heterocycles. The minimum absolute atomic E-state index is 0.0820. The van der Waals surface area contributed by atoms with Crippen molar-refractivity contribution in [3.63, 3.8) is 0 Å². The summed E-state index contributed by atoms with van der Waals surface area (Å²) in [6, 6.07) is 4.67. The predicted octanol–water partition coefficient (Wildman–Crippen LogP) is 0.879. The van der Waals surface area contributed by atoms with Crippen LogP contribution in [0.3, 0.4) is 0 Å². The normalized spacial score (nSPS) is 28.3. The molecule has 7 nitrogen and oxygen atoms in total. The van der Waals surface area contributed by atoms with E-state index in [4.69, 9.17) is 10.2 Å². The zero-order valence-electron chi connectivity index (χ0n) is 13.5. The van der Waals surface area contributed by atoms with Crippen molar-refractivity contribution in [2.45, 2.75) is 30.2 Å². The second kappa shape index (κ2) is 5.44. The second-order valence-electron chi connectivity index (χ2n) is 6.90.